The van der Waals surface area contributed by atoms with Crippen molar-refractivity contribution >= 4 is 5.69 Å². The molecular weight excluding hydrogens is 244 g/mol. The first-order valence-corrected chi connectivity index (χ1v) is 7.56. The predicted molar refractivity (Wildman–Crippen MR) is 84.0 cm³/mol. The number of hydrogen-bond donors (Lipinski definition) is 1. The molecule has 2 heteroatoms. The zero-order valence-corrected chi connectivity index (χ0v) is 12.0. The first-order valence-electron chi connectivity index (χ1n) is 7.56. The van der Waals surface area contributed by atoms with Crippen LogP contribution in [-0.2, 0) is 0 Å². The number of benzene rings is 1. The maximum Gasteiger partial charge on any atom is 0.0531 e. The van der Waals surface area contributed by atoms with Crippen molar-refractivity contribution in [2.45, 2.75) is 44.6 Å². The summed E-state index contributed by atoms with van der Waals surface area (Å²) in [6.07, 6.45) is 9.02. The van der Waals surface area contributed by atoms with E-state index in [1.165, 1.54) is 36.8 Å². The largest absolute Gasteiger partial charge is 0.380 e. The average Bonchev–Trinajstić information content (AvgIpc) is 2.49. The number of aromatic nitrogens is 1. The molecule has 1 aromatic carbocycles. The molecule has 0 bridgehead atoms. The summed E-state index contributed by atoms with van der Waals surface area (Å²) in [4.78, 5) is 4.28. The zero-order valence-electron chi connectivity index (χ0n) is 12.0. The van der Waals surface area contributed by atoms with E-state index in [-0.39, 0.29) is 0 Å². The minimum absolute atomic E-state index is 0.523. The maximum absolute atomic E-state index is 4.28. The fourth-order valence-electron chi connectivity index (χ4n) is 3.25. The molecule has 104 valence electrons. The van der Waals surface area contributed by atoms with E-state index in [1.807, 2.05) is 12.4 Å². The van der Waals surface area contributed by atoms with Crippen molar-refractivity contribution in [3.8, 4) is 0 Å². The van der Waals surface area contributed by atoms with E-state index in [1.54, 1.807) is 0 Å². The Morgan fingerprint density at radius 1 is 1.05 bits per heavy atom. The normalized spacial score (nSPS) is 22.4. The molecule has 1 saturated carbocycles. The average molecular weight is 266 g/mol. The zero-order chi connectivity index (χ0) is 13.8. The Hall–Kier alpha value is -1.83. The van der Waals surface area contributed by atoms with Crippen LogP contribution in [0.1, 0.15) is 42.7 Å². The summed E-state index contributed by atoms with van der Waals surface area (Å²) in [5.74, 6) is 0.616. The van der Waals surface area contributed by atoms with Crippen LogP contribution in [0.4, 0.5) is 5.69 Å². The van der Waals surface area contributed by atoms with Crippen molar-refractivity contribution in [3.63, 3.8) is 0 Å². The standard InChI is InChI=1S/C18H22N2/c1-14-11-16(13-19-12-14)20-18-10-6-5-9-17(18)15-7-3-2-4-8-15/h2-4,7-8,11-13,17-18,20H,5-6,9-10H2,1H3. The van der Waals surface area contributed by atoms with E-state index in [0.717, 1.165) is 5.69 Å². The molecule has 1 fully saturated rings. The van der Waals surface area contributed by atoms with Gasteiger partial charge in [0, 0.05) is 24.4 Å². The third-order valence-electron chi connectivity index (χ3n) is 4.22. The van der Waals surface area contributed by atoms with Gasteiger partial charge in [-0.25, -0.2) is 0 Å². The highest BCUT2D eigenvalue weighted by molar-refractivity contribution is 5.44. The van der Waals surface area contributed by atoms with Crippen LogP contribution in [0.25, 0.3) is 0 Å². The Labute approximate surface area is 121 Å². The van der Waals surface area contributed by atoms with Crippen LogP contribution < -0.4 is 5.32 Å². The molecule has 0 aliphatic heterocycles. The lowest BCUT2D eigenvalue weighted by Crippen LogP contribution is -2.30. The minimum Gasteiger partial charge on any atom is -0.380 e. The van der Waals surface area contributed by atoms with E-state index in [2.05, 4.69) is 53.6 Å². The van der Waals surface area contributed by atoms with Gasteiger partial charge in [-0.3, -0.25) is 4.98 Å². The van der Waals surface area contributed by atoms with Gasteiger partial charge in [-0.2, -0.15) is 0 Å². The molecule has 0 spiro atoms. The summed E-state index contributed by atoms with van der Waals surface area (Å²) in [7, 11) is 0. The molecule has 1 aromatic heterocycles. The second kappa shape index (κ2) is 6.08. The molecule has 20 heavy (non-hydrogen) atoms. The van der Waals surface area contributed by atoms with Gasteiger partial charge in [-0.15, -0.1) is 0 Å². The molecule has 2 unspecified atom stereocenters. The van der Waals surface area contributed by atoms with E-state index < -0.39 is 0 Å². The predicted octanol–water partition coefficient (Wildman–Crippen LogP) is 4.53. The van der Waals surface area contributed by atoms with Gasteiger partial charge in [-0.05, 0) is 37.0 Å². The quantitative estimate of drug-likeness (QED) is 0.883. The Morgan fingerprint density at radius 2 is 1.85 bits per heavy atom. The molecule has 1 aliphatic rings. The van der Waals surface area contributed by atoms with Crippen LogP contribution in [-0.4, -0.2) is 11.0 Å². The van der Waals surface area contributed by atoms with Crippen LogP contribution >= 0.6 is 0 Å². The van der Waals surface area contributed by atoms with Gasteiger partial charge in [0.2, 0.25) is 0 Å². The number of pyridine rings is 1. The summed E-state index contributed by atoms with van der Waals surface area (Å²) in [5, 5.41) is 3.71. The summed E-state index contributed by atoms with van der Waals surface area (Å²) in [5.41, 5.74) is 3.82. The van der Waals surface area contributed by atoms with Crippen LogP contribution in [0, 0.1) is 6.92 Å². The molecule has 3 rings (SSSR count). The van der Waals surface area contributed by atoms with Crippen LogP contribution in [0.3, 0.4) is 0 Å². The molecule has 1 N–H and O–H groups in total. The summed E-state index contributed by atoms with van der Waals surface area (Å²) >= 11 is 0. The number of nitrogens with zero attached hydrogens (tertiary/aromatic N) is 1. The molecular formula is C18H22N2. The second-order valence-electron chi connectivity index (χ2n) is 5.80. The first-order chi connectivity index (χ1) is 9.83. The van der Waals surface area contributed by atoms with Gasteiger partial charge in [-0.1, -0.05) is 43.2 Å². The summed E-state index contributed by atoms with van der Waals surface area (Å²) in [6.45, 7) is 2.09. The number of nitrogens with one attached hydrogen (secondary N) is 1. The van der Waals surface area contributed by atoms with E-state index in [0.29, 0.717) is 12.0 Å². The van der Waals surface area contributed by atoms with Gasteiger partial charge < -0.3 is 5.32 Å². The smallest absolute Gasteiger partial charge is 0.0531 e. The van der Waals surface area contributed by atoms with Gasteiger partial charge >= 0.3 is 0 Å². The van der Waals surface area contributed by atoms with Crippen molar-refractivity contribution in [1.29, 1.82) is 0 Å². The van der Waals surface area contributed by atoms with E-state index >= 15 is 0 Å². The van der Waals surface area contributed by atoms with Crippen molar-refractivity contribution in [3.05, 3.63) is 59.9 Å². The van der Waals surface area contributed by atoms with Crippen molar-refractivity contribution in [1.82, 2.24) is 4.98 Å². The Kier molecular flexibility index (Phi) is 4.00. The summed E-state index contributed by atoms with van der Waals surface area (Å²) < 4.78 is 0. The molecule has 1 heterocycles. The topological polar surface area (TPSA) is 24.9 Å². The van der Waals surface area contributed by atoms with Crippen molar-refractivity contribution < 1.29 is 0 Å². The Morgan fingerprint density at radius 3 is 2.65 bits per heavy atom. The maximum atomic E-state index is 4.28. The van der Waals surface area contributed by atoms with Crippen molar-refractivity contribution in [2.24, 2.45) is 0 Å². The van der Waals surface area contributed by atoms with Gasteiger partial charge in [0.05, 0.1) is 5.69 Å². The SMILES string of the molecule is Cc1cncc(NC2CCCCC2c2ccccc2)c1. The lowest BCUT2D eigenvalue weighted by Gasteiger charge is -2.33. The molecule has 2 nitrogen and oxygen atoms in total. The lowest BCUT2D eigenvalue weighted by molar-refractivity contribution is 0.405. The van der Waals surface area contributed by atoms with Crippen LogP contribution in [0.5, 0.6) is 0 Å². The summed E-state index contributed by atoms with van der Waals surface area (Å²) in [6, 6.07) is 13.6. The highest BCUT2D eigenvalue weighted by Gasteiger charge is 2.26. The highest BCUT2D eigenvalue weighted by atomic mass is 14.9. The third-order valence-corrected chi connectivity index (χ3v) is 4.22. The fourth-order valence-corrected chi connectivity index (χ4v) is 3.25. The molecule has 2 atom stereocenters. The Balaban J connectivity index is 1.79. The molecule has 2 aromatic rings. The lowest BCUT2D eigenvalue weighted by atomic mass is 9.80. The minimum atomic E-state index is 0.523. The van der Waals surface area contributed by atoms with Gasteiger partial charge in [0.25, 0.3) is 0 Å². The fraction of sp³-hybridized carbons (Fsp3) is 0.389. The van der Waals surface area contributed by atoms with Gasteiger partial charge in [0.1, 0.15) is 0 Å². The molecule has 0 amide bonds. The molecule has 0 radical (unpaired) electrons. The van der Waals surface area contributed by atoms with E-state index in [4.69, 9.17) is 0 Å². The van der Waals surface area contributed by atoms with Crippen molar-refractivity contribution in [2.75, 3.05) is 5.32 Å². The van der Waals surface area contributed by atoms with Crippen LogP contribution in [0.2, 0.25) is 0 Å². The Bertz CT molecular complexity index is 550. The number of rotatable bonds is 3. The molecule has 1 aliphatic carbocycles. The molecule has 0 saturated heterocycles. The number of aryl methyl sites for hydroxylation is 1. The first kappa shape index (κ1) is 13.2. The van der Waals surface area contributed by atoms with Gasteiger partial charge in [0.15, 0.2) is 0 Å². The second-order valence-corrected chi connectivity index (χ2v) is 5.80. The monoisotopic (exact) mass is 266 g/mol. The number of anilines is 1. The number of hydrogen-bond acceptors (Lipinski definition) is 2. The van der Waals surface area contributed by atoms with E-state index in [9.17, 15) is 0 Å². The highest BCUT2D eigenvalue weighted by Crippen LogP contribution is 2.34. The van der Waals surface area contributed by atoms with Crippen LogP contribution in [0.15, 0.2) is 48.8 Å². The third kappa shape index (κ3) is 3.01.